The first-order valence-corrected chi connectivity index (χ1v) is 10.1. The Morgan fingerprint density at radius 1 is 1.04 bits per heavy atom. The number of aromatic nitrogens is 3. The smallest absolute Gasteiger partial charge is 0.191 e. The number of ether oxygens (including phenoxy) is 1. The van der Waals surface area contributed by atoms with Crippen LogP contribution in [0.5, 0.6) is 5.75 Å². The fraction of sp³-hybridized carbons (Fsp3) is 0.333. The molecule has 0 unspecified atom stereocenters. The zero-order valence-electron chi connectivity index (χ0n) is 15.9. The Balaban J connectivity index is 1.72. The van der Waals surface area contributed by atoms with E-state index in [4.69, 9.17) is 4.74 Å². The third-order valence-electron chi connectivity index (χ3n) is 4.01. The molecule has 2 aromatic carbocycles. The fourth-order valence-electron chi connectivity index (χ4n) is 2.59. The van der Waals surface area contributed by atoms with Gasteiger partial charge >= 0.3 is 0 Å². The van der Waals surface area contributed by atoms with Crippen LogP contribution in [-0.2, 0) is 12.3 Å². The van der Waals surface area contributed by atoms with Crippen molar-refractivity contribution < 1.29 is 9.13 Å². The third-order valence-corrected chi connectivity index (χ3v) is 5.05. The molecule has 0 N–H and O–H groups in total. The second-order valence-corrected chi connectivity index (χ2v) is 7.64. The van der Waals surface area contributed by atoms with Crippen LogP contribution in [0, 0.1) is 11.7 Å². The lowest BCUT2D eigenvalue weighted by Crippen LogP contribution is -2.04. The first kappa shape index (κ1) is 19.4. The highest BCUT2D eigenvalue weighted by molar-refractivity contribution is 7.98. The molecule has 0 aliphatic carbocycles. The summed E-state index contributed by atoms with van der Waals surface area (Å²) < 4.78 is 20.9. The highest BCUT2D eigenvalue weighted by atomic mass is 32.2. The summed E-state index contributed by atoms with van der Waals surface area (Å²) in [5.74, 6) is 2.70. The summed E-state index contributed by atoms with van der Waals surface area (Å²) in [7, 11) is 0. The van der Waals surface area contributed by atoms with Crippen molar-refractivity contribution in [1.82, 2.24) is 14.8 Å². The molecule has 0 aliphatic rings. The molecule has 27 heavy (non-hydrogen) atoms. The van der Waals surface area contributed by atoms with E-state index in [1.54, 1.807) is 23.9 Å². The van der Waals surface area contributed by atoms with Gasteiger partial charge in [-0.15, -0.1) is 10.2 Å². The summed E-state index contributed by atoms with van der Waals surface area (Å²) >= 11 is 1.60. The van der Waals surface area contributed by atoms with Gasteiger partial charge in [0.25, 0.3) is 0 Å². The van der Waals surface area contributed by atoms with Crippen molar-refractivity contribution in [2.45, 2.75) is 38.2 Å². The molecule has 0 radical (unpaired) electrons. The zero-order chi connectivity index (χ0) is 19.2. The van der Waals surface area contributed by atoms with Crippen molar-refractivity contribution in [3.8, 4) is 17.1 Å². The molecule has 0 amide bonds. The lowest BCUT2D eigenvalue weighted by Gasteiger charge is -2.10. The Labute approximate surface area is 163 Å². The lowest BCUT2D eigenvalue weighted by atomic mass is 10.2. The molecule has 0 bridgehead atoms. The molecule has 0 atom stereocenters. The fourth-order valence-corrected chi connectivity index (χ4v) is 3.54. The number of thioether (sulfide) groups is 1. The standard InChI is InChI=1S/C21H24FN3OS/c1-4-25-20(17-7-11-19(12-8-17)26-13-15(2)3)23-24-21(25)27-14-16-5-9-18(22)10-6-16/h5-12,15H,4,13-14H2,1-3H3. The molecule has 3 aromatic rings. The van der Waals surface area contributed by atoms with E-state index in [0.717, 1.165) is 40.2 Å². The molecule has 142 valence electrons. The number of benzene rings is 2. The van der Waals surface area contributed by atoms with Crippen molar-refractivity contribution in [1.29, 1.82) is 0 Å². The summed E-state index contributed by atoms with van der Waals surface area (Å²) in [5.41, 5.74) is 2.06. The van der Waals surface area contributed by atoms with E-state index in [9.17, 15) is 4.39 Å². The van der Waals surface area contributed by atoms with E-state index in [0.29, 0.717) is 12.5 Å². The molecule has 0 aliphatic heterocycles. The highest BCUT2D eigenvalue weighted by Gasteiger charge is 2.13. The van der Waals surface area contributed by atoms with E-state index >= 15 is 0 Å². The van der Waals surface area contributed by atoms with Crippen LogP contribution in [0.2, 0.25) is 0 Å². The number of halogens is 1. The van der Waals surface area contributed by atoms with Crippen LogP contribution in [-0.4, -0.2) is 21.4 Å². The second-order valence-electron chi connectivity index (χ2n) is 6.69. The van der Waals surface area contributed by atoms with Gasteiger partial charge in [0.1, 0.15) is 11.6 Å². The predicted octanol–water partition coefficient (Wildman–Crippen LogP) is 5.43. The van der Waals surface area contributed by atoms with Gasteiger partial charge in [-0.25, -0.2) is 4.39 Å². The van der Waals surface area contributed by atoms with E-state index in [1.807, 2.05) is 24.3 Å². The van der Waals surface area contributed by atoms with Gasteiger partial charge in [0, 0.05) is 17.9 Å². The molecular weight excluding hydrogens is 361 g/mol. The molecule has 1 heterocycles. The molecule has 4 nitrogen and oxygen atoms in total. The SMILES string of the molecule is CCn1c(SCc2ccc(F)cc2)nnc1-c1ccc(OCC(C)C)cc1. The minimum atomic E-state index is -0.219. The summed E-state index contributed by atoms with van der Waals surface area (Å²) in [6, 6.07) is 14.5. The van der Waals surface area contributed by atoms with Gasteiger partial charge in [-0.2, -0.15) is 0 Å². The second kappa shape index (κ2) is 9.04. The number of hydrogen-bond acceptors (Lipinski definition) is 4. The average Bonchev–Trinajstić information content (AvgIpc) is 3.09. The number of rotatable bonds is 8. The zero-order valence-corrected chi connectivity index (χ0v) is 16.7. The molecule has 1 aromatic heterocycles. The molecular formula is C21H24FN3OS. The molecule has 0 fully saturated rings. The van der Waals surface area contributed by atoms with Gasteiger partial charge in [-0.05, 0) is 54.8 Å². The first-order chi connectivity index (χ1) is 13.1. The Morgan fingerprint density at radius 2 is 1.74 bits per heavy atom. The normalized spacial score (nSPS) is 11.1. The monoisotopic (exact) mass is 385 g/mol. The van der Waals surface area contributed by atoms with E-state index in [2.05, 4.69) is 35.5 Å². The highest BCUT2D eigenvalue weighted by Crippen LogP contribution is 2.27. The van der Waals surface area contributed by atoms with Crippen LogP contribution in [0.1, 0.15) is 26.3 Å². The van der Waals surface area contributed by atoms with Crippen molar-refractivity contribution >= 4 is 11.8 Å². The van der Waals surface area contributed by atoms with Gasteiger partial charge in [0.05, 0.1) is 6.61 Å². The maximum atomic E-state index is 13.0. The van der Waals surface area contributed by atoms with E-state index in [-0.39, 0.29) is 5.82 Å². The van der Waals surface area contributed by atoms with Gasteiger partial charge in [-0.1, -0.05) is 37.7 Å². The van der Waals surface area contributed by atoms with Crippen LogP contribution in [0.4, 0.5) is 4.39 Å². The number of nitrogens with zero attached hydrogens (tertiary/aromatic N) is 3. The van der Waals surface area contributed by atoms with Crippen molar-refractivity contribution in [2.75, 3.05) is 6.61 Å². The van der Waals surface area contributed by atoms with Crippen LogP contribution in [0.25, 0.3) is 11.4 Å². The Bertz CT molecular complexity index is 860. The van der Waals surface area contributed by atoms with Crippen LogP contribution < -0.4 is 4.74 Å². The minimum absolute atomic E-state index is 0.219. The molecule has 0 spiro atoms. The maximum absolute atomic E-state index is 13.0. The number of hydrogen-bond donors (Lipinski definition) is 0. The Hall–Kier alpha value is -2.34. The summed E-state index contributed by atoms with van der Waals surface area (Å²) in [5, 5.41) is 9.59. The lowest BCUT2D eigenvalue weighted by molar-refractivity contribution is 0.271. The van der Waals surface area contributed by atoms with Crippen molar-refractivity contribution in [3.63, 3.8) is 0 Å². The Kier molecular flexibility index (Phi) is 6.50. The van der Waals surface area contributed by atoms with E-state index in [1.165, 1.54) is 12.1 Å². The van der Waals surface area contributed by atoms with E-state index < -0.39 is 0 Å². The summed E-state index contributed by atoms with van der Waals surface area (Å²) in [6.07, 6.45) is 0. The minimum Gasteiger partial charge on any atom is -0.493 e. The largest absolute Gasteiger partial charge is 0.493 e. The molecule has 6 heteroatoms. The molecule has 0 saturated heterocycles. The molecule has 3 rings (SSSR count). The average molecular weight is 386 g/mol. The topological polar surface area (TPSA) is 39.9 Å². The Morgan fingerprint density at radius 3 is 2.37 bits per heavy atom. The van der Waals surface area contributed by atoms with Crippen LogP contribution in [0.3, 0.4) is 0 Å². The predicted molar refractivity (Wildman–Crippen MR) is 107 cm³/mol. The van der Waals surface area contributed by atoms with Gasteiger partial charge in [-0.3, -0.25) is 0 Å². The summed E-state index contributed by atoms with van der Waals surface area (Å²) in [4.78, 5) is 0. The quantitative estimate of drug-likeness (QED) is 0.485. The van der Waals surface area contributed by atoms with Crippen LogP contribution in [0.15, 0.2) is 53.7 Å². The van der Waals surface area contributed by atoms with Gasteiger partial charge < -0.3 is 9.30 Å². The first-order valence-electron chi connectivity index (χ1n) is 9.10. The molecule has 0 saturated carbocycles. The van der Waals surface area contributed by atoms with Crippen molar-refractivity contribution in [3.05, 3.63) is 59.9 Å². The summed E-state index contributed by atoms with van der Waals surface area (Å²) in [6.45, 7) is 7.82. The van der Waals surface area contributed by atoms with Crippen LogP contribution >= 0.6 is 11.8 Å². The van der Waals surface area contributed by atoms with Crippen molar-refractivity contribution in [2.24, 2.45) is 5.92 Å². The van der Waals surface area contributed by atoms with Gasteiger partial charge in [0.2, 0.25) is 0 Å². The van der Waals surface area contributed by atoms with Gasteiger partial charge in [0.15, 0.2) is 11.0 Å². The maximum Gasteiger partial charge on any atom is 0.191 e. The third kappa shape index (κ3) is 5.10.